The van der Waals surface area contributed by atoms with E-state index in [1.165, 1.54) is 0 Å². The van der Waals surface area contributed by atoms with E-state index in [0.29, 0.717) is 6.54 Å². The van der Waals surface area contributed by atoms with Crippen molar-refractivity contribution >= 4 is 6.09 Å². The number of rotatable bonds is 9. The normalized spacial score (nSPS) is 10.2. The third-order valence-corrected chi connectivity index (χ3v) is 3.37. The van der Waals surface area contributed by atoms with E-state index >= 15 is 0 Å². The molecule has 0 atom stereocenters. The van der Waals surface area contributed by atoms with Crippen molar-refractivity contribution in [3.63, 3.8) is 0 Å². The van der Waals surface area contributed by atoms with E-state index in [1.54, 1.807) is 11.0 Å². The van der Waals surface area contributed by atoms with Gasteiger partial charge in [0, 0.05) is 12.6 Å². The van der Waals surface area contributed by atoms with Crippen molar-refractivity contribution in [2.24, 2.45) is 0 Å². The molecule has 3 heteroatoms. The molecule has 0 N–H and O–H groups in total. The van der Waals surface area contributed by atoms with E-state index in [4.69, 9.17) is 4.74 Å². The summed E-state index contributed by atoms with van der Waals surface area (Å²) in [6, 6.07) is 9.65. The Hall–Kier alpha value is -2.29. The maximum Gasteiger partial charge on any atom is 0.410 e. The van der Waals surface area contributed by atoms with E-state index in [1.807, 2.05) is 44.2 Å². The Kier molecular flexibility index (Phi) is 7.89. The average molecular weight is 313 g/mol. The SMILES string of the molecule is C=CCN(C(=O)OCc1ccccc1)C(CC(=C)C)CC(=C)C. The lowest BCUT2D eigenvalue weighted by molar-refractivity contribution is 0.0849. The first kappa shape index (κ1) is 18.8. The predicted octanol–water partition coefficient (Wildman–Crippen LogP) is 5.11. The van der Waals surface area contributed by atoms with Gasteiger partial charge in [-0.05, 0) is 32.3 Å². The van der Waals surface area contributed by atoms with Crippen LogP contribution in [-0.4, -0.2) is 23.6 Å². The molecule has 0 aliphatic heterocycles. The van der Waals surface area contributed by atoms with Crippen LogP contribution >= 0.6 is 0 Å². The van der Waals surface area contributed by atoms with Crippen molar-refractivity contribution in [2.45, 2.75) is 39.3 Å². The predicted molar refractivity (Wildman–Crippen MR) is 96.2 cm³/mol. The molecule has 0 heterocycles. The van der Waals surface area contributed by atoms with Gasteiger partial charge in [-0.1, -0.05) is 47.6 Å². The largest absolute Gasteiger partial charge is 0.445 e. The zero-order valence-electron chi connectivity index (χ0n) is 14.3. The fourth-order valence-electron chi connectivity index (χ4n) is 2.41. The fourth-order valence-corrected chi connectivity index (χ4v) is 2.41. The van der Waals surface area contributed by atoms with Crippen LogP contribution in [0.15, 0.2) is 67.3 Å². The molecule has 0 aliphatic rings. The van der Waals surface area contributed by atoms with E-state index in [0.717, 1.165) is 29.6 Å². The summed E-state index contributed by atoms with van der Waals surface area (Å²) in [4.78, 5) is 14.2. The number of amides is 1. The molecule has 3 nitrogen and oxygen atoms in total. The Balaban J connectivity index is 2.79. The molecular formula is C20H27NO2. The minimum atomic E-state index is -0.332. The number of nitrogens with zero attached hydrogens (tertiary/aromatic N) is 1. The van der Waals surface area contributed by atoms with Crippen LogP contribution in [0.3, 0.4) is 0 Å². The molecule has 0 fully saturated rings. The Bertz CT molecular complexity index is 532. The first-order chi connectivity index (χ1) is 10.9. The summed E-state index contributed by atoms with van der Waals surface area (Å²) in [7, 11) is 0. The van der Waals surface area contributed by atoms with Gasteiger partial charge in [-0.2, -0.15) is 0 Å². The van der Waals surface area contributed by atoms with Crippen molar-refractivity contribution in [3.8, 4) is 0 Å². The zero-order chi connectivity index (χ0) is 17.2. The maximum absolute atomic E-state index is 12.5. The molecule has 0 spiro atoms. The molecule has 1 aromatic carbocycles. The minimum absolute atomic E-state index is 0.00808. The van der Waals surface area contributed by atoms with Gasteiger partial charge in [0.25, 0.3) is 0 Å². The van der Waals surface area contributed by atoms with E-state index in [9.17, 15) is 4.79 Å². The Morgan fingerprint density at radius 1 is 1.17 bits per heavy atom. The number of benzene rings is 1. The average Bonchev–Trinajstić information content (AvgIpc) is 2.49. The molecule has 0 unspecified atom stereocenters. The van der Waals surface area contributed by atoms with Crippen LogP contribution in [0.5, 0.6) is 0 Å². The van der Waals surface area contributed by atoms with Gasteiger partial charge in [-0.15, -0.1) is 19.7 Å². The van der Waals surface area contributed by atoms with Gasteiger partial charge >= 0.3 is 6.09 Å². The van der Waals surface area contributed by atoms with Crippen molar-refractivity contribution < 1.29 is 9.53 Å². The van der Waals surface area contributed by atoms with E-state index in [2.05, 4.69) is 19.7 Å². The highest BCUT2D eigenvalue weighted by Gasteiger charge is 2.24. The standard InChI is InChI=1S/C20H27NO2/c1-6-12-21(19(13-16(2)3)14-17(4)5)20(22)23-15-18-10-8-7-9-11-18/h6-11,19H,1-2,4,12-15H2,3,5H3. The molecule has 0 aliphatic carbocycles. The van der Waals surface area contributed by atoms with Gasteiger partial charge in [0.05, 0.1) is 0 Å². The third kappa shape index (κ3) is 7.00. The minimum Gasteiger partial charge on any atom is -0.445 e. The third-order valence-electron chi connectivity index (χ3n) is 3.37. The first-order valence-corrected chi connectivity index (χ1v) is 7.81. The van der Waals surface area contributed by atoms with Crippen LogP contribution in [0.2, 0.25) is 0 Å². The lowest BCUT2D eigenvalue weighted by Gasteiger charge is -2.30. The zero-order valence-corrected chi connectivity index (χ0v) is 14.3. The van der Waals surface area contributed by atoms with Crippen LogP contribution in [0.4, 0.5) is 4.79 Å². The van der Waals surface area contributed by atoms with Crippen molar-refractivity contribution in [1.82, 2.24) is 4.90 Å². The molecule has 0 bridgehead atoms. The molecule has 1 aromatic rings. The van der Waals surface area contributed by atoms with Crippen LogP contribution in [0, 0.1) is 0 Å². The molecule has 124 valence electrons. The number of hydrogen-bond donors (Lipinski definition) is 0. The van der Waals surface area contributed by atoms with Gasteiger partial charge < -0.3 is 9.64 Å². The molecule has 1 amide bonds. The summed E-state index contributed by atoms with van der Waals surface area (Å²) < 4.78 is 5.47. The van der Waals surface area contributed by atoms with Crippen LogP contribution in [-0.2, 0) is 11.3 Å². The smallest absolute Gasteiger partial charge is 0.410 e. The lowest BCUT2D eigenvalue weighted by atomic mass is 10.0. The highest BCUT2D eigenvalue weighted by molar-refractivity contribution is 5.68. The number of carbonyl (C=O) groups is 1. The van der Waals surface area contributed by atoms with Crippen LogP contribution < -0.4 is 0 Å². The topological polar surface area (TPSA) is 29.5 Å². The van der Waals surface area contributed by atoms with Gasteiger partial charge in [-0.25, -0.2) is 4.79 Å². The van der Waals surface area contributed by atoms with Crippen molar-refractivity contribution in [2.75, 3.05) is 6.54 Å². The fraction of sp³-hybridized carbons (Fsp3) is 0.350. The first-order valence-electron chi connectivity index (χ1n) is 7.81. The van der Waals surface area contributed by atoms with Crippen LogP contribution in [0.25, 0.3) is 0 Å². The Labute approximate surface area is 140 Å². The van der Waals surface area contributed by atoms with E-state index < -0.39 is 0 Å². The quantitative estimate of drug-likeness (QED) is 0.593. The lowest BCUT2D eigenvalue weighted by Crippen LogP contribution is -2.41. The molecule has 0 radical (unpaired) electrons. The number of ether oxygens (including phenoxy) is 1. The van der Waals surface area contributed by atoms with Gasteiger partial charge in [0.2, 0.25) is 0 Å². The molecule has 0 saturated heterocycles. The number of carbonyl (C=O) groups excluding carboxylic acids is 1. The maximum atomic E-state index is 12.5. The molecule has 0 aromatic heterocycles. The Morgan fingerprint density at radius 2 is 1.74 bits per heavy atom. The summed E-state index contributed by atoms with van der Waals surface area (Å²) in [5.41, 5.74) is 3.03. The van der Waals surface area contributed by atoms with E-state index in [-0.39, 0.29) is 18.7 Å². The second kappa shape index (κ2) is 9.67. The number of hydrogen-bond acceptors (Lipinski definition) is 2. The van der Waals surface area contributed by atoms with Gasteiger partial charge in [0.1, 0.15) is 6.61 Å². The summed E-state index contributed by atoms with van der Waals surface area (Å²) in [6.07, 6.45) is 2.83. The summed E-state index contributed by atoms with van der Waals surface area (Å²) in [6.45, 7) is 16.3. The van der Waals surface area contributed by atoms with Crippen molar-refractivity contribution in [3.05, 3.63) is 72.9 Å². The summed E-state index contributed by atoms with van der Waals surface area (Å²) in [5.74, 6) is 0. The van der Waals surface area contributed by atoms with Gasteiger partial charge in [0.15, 0.2) is 0 Å². The Morgan fingerprint density at radius 3 is 2.22 bits per heavy atom. The summed E-state index contributed by atoms with van der Waals surface area (Å²) in [5, 5.41) is 0. The molecule has 1 rings (SSSR count). The van der Waals surface area contributed by atoms with Crippen LogP contribution in [0.1, 0.15) is 32.3 Å². The highest BCUT2D eigenvalue weighted by Crippen LogP contribution is 2.19. The molecule has 0 saturated carbocycles. The second-order valence-electron chi connectivity index (χ2n) is 5.96. The van der Waals surface area contributed by atoms with Crippen molar-refractivity contribution in [1.29, 1.82) is 0 Å². The molecular weight excluding hydrogens is 286 g/mol. The van der Waals surface area contributed by atoms with Gasteiger partial charge in [-0.3, -0.25) is 0 Å². The monoisotopic (exact) mass is 313 g/mol. The summed E-state index contributed by atoms with van der Waals surface area (Å²) >= 11 is 0. The second-order valence-corrected chi connectivity index (χ2v) is 5.96. The molecule has 23 heavy (non-hydrogen) atoms. The highest BCUT2D eigenvalue weighted by atomic mass is 16.6.